The van der Waals surface area contributed by atoms with Gasteiger partial charge in [-0.2, -0.15) is 9.78 Å². The quantitative estimate of drug-likeness (QED) is 0.539. The summed E-state index contributed by atoms with van der Waals surface area (Å²) < 4.78 is 11.9. The van der Waals surface area contributed by atoms with E-state index in [1.165, 1.54) is 25.0 Å². The van der Waals surface area contributed by atoms with Gasteiger partial charge in [0.25, 0.3) is 5.56 Å². The molecule has 3 N–H and O–H groups in total. The molecule has 10 heteroatoms. The molecule has 0 fully saturated rings. The number of carbonyl (C=O) groups is 1. The maximum Gasteiger partial charge on any atom is 0.324 e. The van der Waals surface area contributed by atoms with Crippen LogP contribution in [0.5, 0.6) is 11.5 Å². The third kappa shape index (κ3) is 5.08. The zero-order chi connectivity index (χ0) is 23.5. The van der Waals surface area contributed by atoms with Crippen molar-refractivity contribution in [2.24, 2.45) is 0 Å². The van der Waals surface area contributed by atoms with Gasteiger partial charge < -0.3 is 14.8 Å². The first-order chi connectivity index (χ1) is 15.1. The van der Waals surface area contributed by atoms with Crippen molar-refractivity contribution in [3.63, 3.8) is 0 Å². The van der Waals surface area contributed by atoms with Crippen molar-refractivity contribution in [1.82, 2.24) is 19.7 Å². The third-order valence-electron chi connectivity index (χ3n) is 4.71. The lowest BCUT2D eigenvalue weighted by Crippen LogP contribution is -2.23. The van der Waals surface area contributed by atoms with Crippen molar-refractivity contribution in [3.8, 4) is 17.4 Å². The molecule has 170 valence electrons. The molecule has 10 nitrogen and oxygen atoms in total. The number of amides is 2. The summed E-state index contributed by atoms with van der Waals surface area (Å²) in [6, 6.07) is 7.75. The Morgan fingerprint density at radius 1 is 1.09 bits per heavy atom. The molecule has 0 bridgehead atoms. The van der Waals surface area contributed by atoms with Crippen LogP contribution in [0.3, 0.4) is 0 Å². The molecule has 32 heavy (non-hydrogen) atoms. The molecule has 0 aliphatic rings. The number of methoxy groups -OCH3 is 2. The van der Waals surface area contributed by atoms with E-state index in [0.717, 1.165) is 5.69 Å². The number of hydrogen-bond acceptors (Lipinski definition) is 6. The summed E-state index contributed by atoms with van der Waals surface area (Å²) in [5, 5.41) is 10.1. The van der Waals surface area contributed by atoms with Crippen LogP contribution < -0.4 is 25.7 Å². The van der Waals surface area contributed by atoms with E-state index >= 15 is 0 Å². The number of nitrogens with zero attached hydrogens (tertiary/aromatic N) is 3. The average molecular weight is 441 g/mol. The zero-order valence-electron chi connectivity index (χ0n) is 19.1. The Morgan fingerprint density at radius 2 is 1.81 bits per heavy atom. The van der Waals surface area contributed by atoms with Crippen molar-refractivity contribution < 1.29 is 14.3 Å². The Bertz CT molecular complexity index is 1180. The van der Waals surface area contributed by atoms with E-state index < -0.39 is 6.03 Å². The summed E-state index contributed by atoms with van der Waals surface area (Å²) in [6.07, 6.45) is 0.590. The SMILES string of the molecule is CCc1cc(=O)[nH]c(-n2nc(C(C)(C)C)cc2NC(=O)Nc2ccc(OC)c(OC)c2)n1. The van der Waals surface area contributed by atoms with Gasteiger partial charge in [0.2, 0.25) is 5.95 Å². The number of rotatable bonds is 6. The first kappa shape index (κ1) is 22.9. The summed E-state index contributed by atoms with van der Waals surface area (Å²) in [5.41, 5.74) is 1.28. The second-order valence-corrected chi connectivity index (χ2v) is 8.14. The highest BCUT2D eigenvalue weighted by molar-refractivity contribution is 5.99. The number of urea groups is 1. The maximum atomic E-state index is 12.7. The van der Waals surface area contributed by atoms with Crippen LogP contribution in [0.4, 0.5) is 16.3 Å². The summed E-state index contributed by atoms with van der Waals surface area (Å²) in [6.45, 7) is 7.92. The van der Waals surface area contributed by atoms with Crippen molar-refractivity contribution in [2.45, 2.75) is 39.5 Å². The lowest BCUT2D eigenvalue weighted by molar-refractivity contribution is 0.262. The van der Waals surface area contributed by atoms with Crippen molar-refractivity contribution in [2.75, 3.05) is 24.9 Å². The second-order valence-electron chi connectivity index (χ2n) is 8.14. The van der Waals surface area contributed by atoms with Crippen LogP contribution in [0.15, 0.2) is 35.1 Å². The van der Waals surface area contributed by atoms with E-state index in [4.69, 9.17) is 9.47 Å². The van der Waals surface area contributed by atoms with E-state index in [2.05, 4.69) is 25.7 Å². The fraction of sp³-hybridized carbons (Fsp3) is 0.364. The van der Waals surface area contributed by atoms with E-state index in [1.54, 1.807) is 24.3 Å². The molecule has 0 radical (unpaired) electrons. The van der Waals surface area contributed by atoms with Gasteiger partial charge in [0.15, 0.2) is 11.5 Å². The monoisotopic (exact) mass is 440 g/mol. The first-order valence-corrected chi connectivity index (χ1v) is 10.2. The summed E-state index contributed by atoms with van der Waals surface area (Å²) in [4.78, 5) is 32.0. The fourth-order valence-electron chi connectivity index (χ4n) is 2.97. The number of nitrogens with one attached hydrogen (secondary N) is 3. The minimum atomic E-state index is -0.493. The molecule has 3 rings (SSSR count). The molecular weight excluding hydrogens is 412 g/mol. The van der Waals surface area contributed by atoms with E-state index in [0.29, 0.717) is 35.1 Å². The van der Waals surface area contributed by atoms with Gasteiger partial charge in [0.05, 0.1) is 19.9 Å². The molecule has 0 atom stereocenters. The summed E-state index contributed by atoms with van der Waals surface area (Å²) >= 11 is 0. The Kier molecular flexibility index (Phi) is 6.52. The normalized spacial score (nSPS) is 11.2. The van der Waals surface area contributed by atoms with E-state index in [1.807, 2.05) is 27.7 Å². The largest absolute Gasteiger partial charge is 0.493 e. The number of aryl methyl sites for hydroxylation is 1. The highest BCUT2D eigenvalue weighted by Crippen LogP contribution is 2.30. The fourth-order valence-corrected chi connectivity index (χ4v) is 2.97. The summed E-state index contributed by atoms with van der Waals surface area (Å²) in [7, 11) is 3.06. The minimum Gasteiger partial charge on any atom is -0.493 e. The van der Waals surface area contributed by atoms with Gasteiger partial charge in [-0.15, -0.1) is 0 Å². The Labute approximate surface area is 186 Å². The number of benzene rings is 1. The Morgan fingerprint density at radius 3 is 2.44 bits per heavy atom. The Balaban J connectivity index is 1.93. The number of H-pyrrole nitrogens is 1. The minimum absolute atomic E-state index is 0.228. The molecule has 2 amide bonds. The molecular formula is C22H28N6O4. The van der Waals surface area contributed by atoms with Gasteiger partial charge in [-0.25, -0.2) is 9.78 Å². The molecule has 0 spiro atoms. The second kappa shape index (κ2) is 9.13. The lowest BCUT2D eigenvalue weighted by Gasteiger charge is -2.13. The van der Waals surface area contributed by atoms with Gasteiger partial charge in [-0.3, -0.25) is 15.1 Å². The van der Waals surface area contributed by atoms with Gasteiger partial charge in [-0.1, -0.05) is 27.7 Å². The molecule has 0 saturated carbocycles. The number of carbonyl (C=O) groups excluding carboxylic acids is 1. The number of aromatic nitrogens is 4. The van der Waals surface area contributed by atoms with Gasteiger partial charge in [-0.05, 0) is 18.6 Å². The van der Waals surface area contributed by atoms with Gasteiger partial charge >= 0.3 is 6.03 Å². The standard InChI is InChI=1S/C22H28N6O4/c1-7-13-11-19(29)26-20(23-13)28-18(12-17(27-28)22(2,3)4)25-21(30)24-14-8-9-15(31-5)16(10-14)32-6/h8-12H,7H2,1-6H3,(H,23,26,29)(H2,24,25,30). The Hall–Kier alpha value is -3.82. The van der Waals surface area contributed by atoms with Crippen LogP contribution in [-0.2, 0) is 11.8 Å². The summed E-state index contributed by atoms with van der Waals surface area (Å²) in [5.74, 6) is 1.64. The number of hydrogen-bond donors (Lipinski definition) is 3. The van der Waals surface area contributed by atoms with Crippen molar-refractivity contribution in [3.05, 3.63) is 52.1 Å². The maximum absolute atomic E-state index is 12.7. The first-order valence-electron chi connectivity index (χ1n) is 10.2. The molecule has 0 unspecified atom stereocenters. The van der Waals surface area contributed by atoms with Crippen molar-refractivity contribution in [1.29, 1.82) is 0 Å². The van der Waals surface area contributed by atoms with Crippen LogP contribution in [0.25, 0.3) is 5.95 Å². The molecule has 0 aliphatic carbocycles. The third-order valence-corrected chi connectivity index (χ3v) is 4.71. The van der Waals surface area contributed by atoms with Crippen LogP contribution >= 0.6 is 0 Å². The van der Waals surface area contributed by atoms with Gasteiger partial charge in [0.1, 0.15) is 5.82 Å². The average Bonchev–Trinajstić information content (AvgIpc) is 3.17. The van der Waals surface area contributed by atoms with Crippen LogP contribution in [0.1, 0.15) is 39.1 Å². The molecule has 2 heterocycles. The lowest BCUT2D eigenvalue weighted by atomic mass is 9.92. The van der Waals surface area contributed by atoms with Crippen molar-refractivity contribution >= 4 is 17.5 Å². The van der Waals surface area contributed by atoms with Crippen LogP contribution in [0, 0.1) is 0 Å². The number of aromatic amines is 1. The van der Waals surface area contributed by atoms with Crippen LogP contribution in [0.2, 0.25) is 0 Å². The zero-order valence-corrected chi connectivity index (χ0v) is 19.1. The van der Waals surface area contributed by atoms with Crippen LogP contribution in [-0.4, -0.2) is 40.0 Å². The topological polar surface area (TPSA) is 123 Å². The van der Waals surface area contributed by atoms with Gasteiger partial charge in [0, 0.05) is 35.0 Å². The highest BCUT2D eigenvalue weighted by atomic mass is 16.5. The molecule has 0 saturated heterocycles. The predicted octanol–water partition coefficient (Wildman–Crippen LogP) is 3.48. The molecule has 3 aromatic rings. The highest BCUT2D eigenvalue weighted by Gasteiger charge is 2.22. The molecule has 2 aromatic heterocycles. The smallest absolute Gasteiger partial charge is 0.324 e. The number of anilines is 2. The van der Waals surface area contributed by atoms with E-state index in [9.17, 15) is 9.59 Å². The number of ether oxygens (including phenoxy) is 2. The van der Waals surface area contributed by atoms with E-state index in [-0.39, 0.29) is 16.9 Å². The predicted molar refractivity (Wildman–Crippen MR) is 122 cm³/mol. The molecule has 0 aliphatic heterocycles. The molecule has 1 aromatic carbocycles.